The Labute approximate surface area is 143 Å². The number of aryl methyl sites for hydroxylation is 2. The first kappa shape index (κ1) is 16.0. The van der Waals surface area contributed by atoms with Crippen LogP contribution < -0.4 is 0 Å². The zero-order valence-electron chi connectivity index (χ0n) is 13.5. The zero-order chi connectivity index (χ0) is 16.6. The maximum absolute atomic E-state index is 11.4. The number of carbonyl (C=O) groups is 1. The lowest BCUT2D eigenvalue weighted by molar-refractivity contribution is 0.102. The molecule has 120 valence electrons. The van der Waals surface area contributed by atoms with Gasteiger partial charge in [0.25, 0.3) is 0 Å². The largest absolute Gasteiger partial charge is 0.294 e. The monoisotopic (exact) mass is 346 g/mol. The molecule has 3 rings (SSSR count). The van der Waals surface area contributed by atoms with Crippen molar-refractivity contribution in [1.29, 1.82) is 0 Å². The second-order valence-electron chi connectivity index (χ2n) is 5.46. The van der Waals surface area contributed by atoms with Gasteiger partial charge in [-0.25, -0.2) is 9.67 Å². The second kappa shape index (κ2) is 6.33. The van der Waals surface area contributed by atoms with Gasteiger partial charge in [0.15, 0.2) is 5.78 Å². The topological polar surface area (TPSA) is 60.7 Å². The van der Waals surface area contributed by atoms with Crippen molar-refractivity contribution in [3.63, 3.8) is 0 Å². The van der Waals surface area contributed by atoms with E-state index in [2.05, 4.69) is 29.1 Å². The highest BCUT2D eigenvalue weighted by molar-refractivity contribution is 7.12. The van der Waals surface area contributed by atoms with Gasteiger partial charge < -0.3 is 0 Å². The van der Waals surface area contributed by atoms with Crippen molar-refractivity contribution in [2.24, 2.45) is 0 Å². The van der Waals surface area contributed by atoms with E-state index in [0.29, 0.717) is 0 Å². The Morgan fingerprint density at radius 1 is 1.39 bits per heavy atom. The number of carbonyl (C=O) groups excluding carboxylic acids is 1. The van der Waals surface area contributed by atoms with Crippen LogP contribution in [0, 0.1) is 13.8 Å². The third kappa shape index (κ3) is 3.11. The number of hydrogen-bond donors (Lipinski definition) is 0. The fraction of sp³-hybridized carbons (Fsp3) is 0.375. The molecule has 0 bridgehead atoms. The Balaban J connectivity index is 1.91. The molecule has 1 unspecified atom stereocenters. The molecule has 0 aliphatic carbocycles. The smallest absolute Gasteiger partial charge is 0.169 e. The van der Waals surface area contributed by atoms with Gasteiger partial charge in [0.05, 0.1) is 16.8 Å². The van der Waals surface area contributed by atoms with Crippen LogP contribution in [0.3, 0.4) is 0 Å². The Hall–Kier alpha value is -1.86. The minimum absolute atomic E-state index is 0.0776. The van der Waals surface area contributed by atoms with Gasteiger partial charge in [-0.3, -0.25) is 4.79 Å². The van der Waals surface area contributed by atoms with Crippen molar-refractivity contribution in [3.8, 4) is 11.3 Å². The minimum Gasteiger partial charge on any atom is -0.294 e. The Kier molecular flexibility index (Phi) is 4.41. The summed E-state index contributed by atoms with van der Waals surface area (Å²) in [6.07, 6.45) is 2.84. The van der Waals surface area contributed by atoms with Gasteiger partial charge in [0.2, 0.25) is 0 Å². The van der Waals surface area contributed by atoms with Crippen LogP contribution in [-0.2, 0) is 0 Å². The summed E-state index contributed by atoms with van der Waals surface area (Å²) in [7, 11) is 0. The van der Waals surface area contributed by atoms with Crippen LogP contribution >= 0.6 is 22.7 Å². The average Bonchev–Trinajstić information content (AvgIpc) is 3.21. The molecule has 0 aromatic carbocycles. The fourth-order valence-corrected chi connectivity index (χ4v) is 4.24. The van der Waals surface area contributed by atoms with Gasteiger partial charge in [-0.15, -0.1) is 27.8 Å². The highest BCUT2D eigenvalue weighted by Crippen LogP contribution is 2.29. The van der Waals surface area contributed by atoms with Crippen LogP contribution in [0.4, 0.5) is 0 Å². The van der Waals surface area contributed by atoms with Gasteiger partial charge in [0.1, 0.15) is 16.7 Å². The highest BCUT2D eigenvalue weighted by Gasteiger charge is 2.19. The van der Waals surface area contributed by atoms with Crippen molar-refractivity contribution in [1.82, 2.24) is 20.0 Å². The number of thiazole rings is 1. The van der Waals surface area contributed by atoms with Crippen molar-refractivity contribution < 1.29 is 4.79 Å². The molecule has 5 nitrogen and oxygen atoms in total. The predicted molar refractivity (Wildman–Crippen MR) is 93.4 cm³/mol. The molecule has 0 fully saturated rings. The molecule has 3 aromatic heterocycles. The van der Waals surface area contributed by atoms with E-state index in [9.17, 15) is 4.79 Å². The van der Waals surface area contributed by atoms with Gasteiger partial charge in [-0.05, 0) is 33.3 Å². The highest BCUT2D eigenvalue weighted by atomic mass is 32.1. The van der Waals surface area contributed by atoms with E-state index in [1.807, 2.05) is 29.2 Å². The summed E-state index contributed by atoms with van der Waals surface area (Å²) in [5.41, 5.74) is 2.80. The molecular weight excluding hydrogens is 328 g/mol. The standard InChI is InChI=1S/C16H18N4OS2/c1-5-14(16-17-9(2)11(4)23-16)20-7-13(18-19-20)12-6-15(10(3)21)22-8-12/h6-8,14H,5H2,1-4H3. The van der Waals surface area contributed by atoms with Crippen molar-refractivity contribution in [2.75, 3.05) is 0 Å². The quantitative estimate of drug-likeness (QED) is 0.647. The molecule has 1 atom stereocenters. The van der Waals surface area contributed by atoms with E-state index in [1.54, 1.807) is 18.3 Å². The van der Waals surface area contributed by atoms with Gasteiger partial charge >= 0.3 is 0 Å². The van der Waals surface area contributed by atoms with Crippen LogP contribution in [0.15, 0.2) is 17.6 Å². The van der Waals surface area contributed by atoms with Gasteiger partial charge in [0, 0.05) is 15.8 Å². The first-order valence-corrected chi connectivity index (χ1v) is 9.14. The van der Waals surface area contributed by atoms with Crippen LogP contribution in [0.5, 0.6) is 0 Å². The first-order valence-electron chi connectivity index (χ1n) is 7.45. The molecular formula is C16H18N4OS2. The number of aromatic nitrogens is 4. The molecule has 0 aliphatic heterocycles. The second-order valence-corrected chi connectivity index (χ2v) is 7.60. The Morgan fingerprint density at radius 2 is 2.17 bits per heavy atom. The molecule has 23 heavy (non-hydrogen) atoms. The molecule has 0 amide bonds. The Bertz CT molecular complexity index is 827. The number of Topliss-reactive ketones (excluding diaryl/α,β-unsaturated/α-hetero) is 1. The number of thiophene rings is 1. The van der Waals surface area contributed by atoms with E-state index in [-0.39, 0.29) is 11.8 Å². The molecule has 0 radical (unpaired) electrons. The van der Waals surface area contributed by atoms with E-state index in [0.717, 1.165) is 33.3 Å². The normalized spacial score (nSPS) is 12.5. The van der Waals surface area contributed by atoms with Gasteiger partial charge in [-0.2, -0.15) is 0 Å². The molecule has 7 heteroatoms. The third-order valence-electron chi connectivity index (χ3n) is 3.79. The lowest BCUT2D eigenvalue weighted by Gasteiger charge is -2.11. The lowest BCUT2D eigenvalue weighted by Crippen LogP contribution is -2.10. The van der Waals surface area contributed by atoms with Crippen LogP contribution in [0.2, 0.25) is 0 Å². The SMILES string of the molecule is CCC(c1nc(C)c(C)s1)n1cc(-c2csc(C(C)=O)c2)nn1. The zero-order valence-corrected chi connectivity index (χ0v) is 15.2. The molecule has 3 aromatic rings. The summed E-state index contributed by atoms with van der Waals surface area (Å²) in [4.78, 5) is 18.1. The third-order valence-corrected chi connectivity index (χ3v) is 5.99. The van der Waals surface area contributed by atoms with E-state index < -0.39 is 0 Å². The van der Waals surface area contributed by atoms with E-state index >= 15 is 0 Å². The molecule has 0 N–H and O–H groups in total. The molecule has 0 spiro atoms. The first-order chi connectivity index (χ1) is 11.0. The maximum Gasteiger partial charge on any atom is 0.169 e. The Morgan fingerprint density at radius 3 is 2.74 bits per heavy atom. The summed E-state index contributed by atoms with van der Waals surface area (Å²) >= 11 is 3.15. The predicted octanol–water partition coefficient (Wildman–Crippen LogP) is 4.28. The van der Waals surface area contributed by atoms with Gasteiger partial charge in [-0.1, -0.05) is 12.1 Å². The van der Waals surface area contributed by atoms with Crippen molar-refractivity contribution in [2.45, 2.75) is 40.2 Å². The molecule has 0 saturated heterocycles. The fourth-order valence-electron chi connectivity index (χ4n) is 2.33. The number of nitrogens with zero attached hydrogens (tertiary/aromatic N) is 4. The molecule has 0 saturated carbocycles. The summed E-state index contributed by atoms with van der Waals surface area (Å²) in [6.45, 7) is 7.82. The van der Waals surface area contributed by atoms with Crippen LogP contribution in [0.1, 0.15) is 51.6 Å². The summed E-state index contributed by atoms with van der Waals surface area (Å²) < 4.78 is 1.87. The van der Waals surface area contributed by atoms with Crippen LogP contribution in [0.25, 0.3) is 11.3 Å². The average molecular weight is 346 g/mol. The molecule has 3 heterocycles. The van der Waals surface area contributed by atoms with Crippen molar-refractivity contribution in [3.05, 3.63) is 38.1 Å². The van der Waals surface area contributed by atoms with E-state index in [4.69, 9.17) is 0 Å². The summed E-state index contributed by atoms with van der Waals surface area (Å²) in [5.74, 6) is 0.0776. The number of ketones is 1. The number of rotatable bonds is 5. The van der Waals surface area contributed by atoms with Crippen molar-refractivity contribution >= 4 is 28.5 Å². The maximum atomic E-state index is 11.4. The molecule has 0 aliphatic rings. The minimum atomic E-state index is 0.0776. The summed E-state index contributed by atoms with van der Waals surface area (Å²) in [6, 6.07) is 1.97. The lowest BCUT2D eigenvalue weighted by atomic mass is 10.2. The van der Waals surface area contributed by atoms with Crippen LogP contribution in [-0.4, -0.2) is 25.8 Å². The number of hydrogen-bond acceptors (Lipinski definition) is 6. The summed E-state index contributed by atoms with van der Waals surface area (Å²) in [5, 5.41) is 11.6. The van der Waals surface area contributed by atoms with E-state index in [1.165, 1.54) is 16.2 Å².